The van der Waals surface area contributed by atoms with E-state index >= 15 is 0 Å². The maximum atomic E-state index is 13.3. The van der Waals surface area contributed by atoms with E-state index in [9.17, 15) is 4.79 Å². The molecule has 3 aromatic heterocycles. The van der Waals surface area contributed by atoms with Crippen LogP contribution in [0.5, 0.6) is 0 Å². The van der Waals surface area contributed by atoms with E-state index in [4.69, 9.17) is 5.10 Å². The third-order valence-electron chi connectivity index (χ3n) is 5.38. The van der Waals surface area contributed by atoms with Gasteiger partial charge in [-0.15, -0.1) is 22.7 Å². The molecule has 1 aliphatic rings. The normalized spacial score (nSPS) is 16.9. The lowest BCUT2D eigenvalue weighted by Gasteiger charge is -2.23. The number of fused-ring (bicyclic) bond motifs is 1. The van der Waals surface area contributed by atoms with Crippen molar-refractivity contribution in [2.45, 2.75) is 32.4 Å². The number of hydrogen-bond donors (Lipinski definition) is 0. The number of rotatable bonds is 4. The monoisotopic (exact) mass is 407 g/mol. The SMILES string of the molecule is Cc1nn(Cc2ccccc2)c2sc(C(=O)N3CCC[C@@H]3c3cccs3)cc12. The molecule has 142 valence electrons. The molecule has 4 aromatic rings. The Morgan fingerprint density at radius 2 is 2.07 bits per heavy atom. The predicted molar refractivity (Wildman–Crippen MR) is 115 cm³/mol. The first-order valence-electron chi connectivity index (χ1n) is 9.56. The van der Waals surface area contributed by atoms with Crippen LogP contribution in [0, 0.1) is 6.92 Å². The maximum absolute atomic E-state index is 13.3. The molecular formula is C22H21N3OS2. The number of hydrogen-bond acceptors (Lipinski definition) is 4. The minimum Gasteiger partial charge on any atom is -0.330 e. The van der Waals surface area contributed by atoms with E-state index in [1.807, 2.05) is 35.9 Å². The first kappa shape index (κ1) is 17.6. The van der Waals surface area contributed by atoms with Crippen molar-refractivity contribution in [1.29, 1.82) is 0 Å². The van der Waals surface area contributed by atoms with E-state index in [2.05, 4.69) is 34.5 Å². The van der Waals surface area contributed by atoms with Crippen LogP contribution in [0.3, 0.4) is 0 Å². The molecule has 1 aromatic carbocycles. The van der Waals surface area contributed by atoms with Gasteiger partial charge in [0.2, 0.25) is 0 Å². The Morgan fingerprint density at radius 3 is 2.86 bits per heavy atom. The lowest BCUT2D eigenvalue weighted by molar-refractivity contribution is 0.0743. The number of thiophene rings is 2. The van der Waals surface area contributed by atoms with Gasteiger partial charge in [-0.1, -0.05) is 36.4 Å². The zero-order valence-corrected chi connectivity index (χ0v) is 17.3. The van der Waals surface area contributed by atoms with E-state index in [-0.39, 0.29) is 11.9 Å². The molecule has 1 aliphatic heterocycles. The van der Waals surface area contributed by atoms with Crippen molar-refractivity contribution in [2.24, 2.45) is 0 Å². The number of carbonyl (C=O) groups is 1. The van der Waals surface area contributed by atoms with Crippen molar-refractivity contribution in [2.75, 3.05) is 6.54 Å². The van der Waals surface area contributed by atoms with E-state index in [0.29, 0.717) is 0 Å². The summed E-state index contributed by atoms with van der Waals surface area (Å²) in [5.74, 6) is 0.155. The van der Waals surface area contributed by atoms with Crippen molar-refractivity contribution in [3.05, 3.63) is 74.9 Å². The van der Waals surface area contributed by atoms with Crippen molar-refractivity contribution in [3.8, 4) is 0 Å². The van der Waals surface area contributed by atoms with Gasteiger partial charge in [-0.2, -0.15) is 5.10 Å². The minimum absolute atomic E-state index is 0.155. The topological polar surface area (TPSA) is 38.1 Å². The number of benzene rings is 1. The Labute approximate surface area is 172 Å². The van der Waals surface area contributed by atoms with Crippen LogP contribution in [0.25, 0.3) is 10.2 Å². The van der Waals surface area contributed by atoms with Gasteiger partial charge in [0.05, 0.1) is 23.2 Å². The fraction of sp³-hybridized carbons (Fsp3) is 0.273. The van der Waals surface area contributed by atoms with Crippen LogP contribution in [0.1, 0.15) is 44.7 Å². The van der Waals surface area contributed by atoms with Gasteiger partial charge in [0, 0.05) is 16.8 Å². The summed E-state index contributed by atoms with van der Waals surface area (Å²) >= 11 is 3.32. The van der Waals surface area contributed by atoms with Gasteiger partial charge in [0.1, 0.15) is 4.83 Å². The molecule has 0 bridgehead atoms. The molecule has 0 unspecified atom stereocenters. The molecule has 0 spiro atoms. The van der Waals surface area contributed by atoms with Crippen molar-refractivity contribution in [3.63, 3.8) is 0 Å². The smallest absolute Gasteiger partial charge is 0.264 e. The van der Waals surface area contributed by atoms with Crippen LogP contribution in [0.4, 0.5) is 0 Å². The first-order chi connectivity index (χ1) is 13.7. The highest BCUT2D eigenvalue weighted by Crippen LogP contribution is 2.37. The number of carbonyl (C=O) groups excluding carboxylic acids is 1. The molecule has 28 heavy (non-hydrogen) atoms. The average molecular weight is 408 g/mol. The second kappa shape index (κ2) is 7.18. The highest BCUT2D eigenvalue weighted by molar-refractivity contribution is 7.20. The summed E-state index contributed by atoms with van der Waals surface area (Å²) in [5, 5.41) is 7.89. The number of aryl methyl sites for hydroxylation is 1. The molecule has 1 amide bonds. The van der Waals surface area contributed by atoms with Gasteiger partial charge in [-0.25, -0.2) is 0 Å². The molecule has 1 atom stereocenters. The first-order valence-corrected chi connectivity index (χ1v) is 11.3. The fourth-order valence-electron chi connectivity index (χ4n) is 4.01. The molecule has 1 saturated heterocycles. The molecule has 0 saturated carbocycles. The Hall–Kier alpha value is -2.44. The van der Waals surface area contributed by atoms with Crippen LogP contribution >= 0.6 is 22.7 Å². The Morgan fingerprint density at radius 1 is 1.21 bits per heavy atom. The van der Waals surface area contributed by atoms with Crippen LogP contribution in [-0.2, 0) is 6.54 Å². The predicted octanol–water partition coefficient (Wildman–Crippen LogP) is 5.49. The Kier molecular flexibility index (Phi) is 4.53. The number of amides is 1. The Balaban J connectivity index is 1.46. The second-order valence-electron chi connectivity index (χ2n) is 7.23. The van der Waals surface area contributed by atoms with Gasteiger partial charge in [0.25, 0.3) is 5.91 Å². The molecule has 4 nitrogen and oxygen atoms in total. The lowest BCUT2D eigenvalue weighted by Crippen LogP contribution is -2.29. The molecule has 5 rings (SSSR count). The number of nitrogens with zero attached hydrogens (tertiary/aromatic N) is 3. The van der Waals surface area contributed by atoms with Gasteiger partial charge in [-0.05, 0) is 42.8 Å². The number of likely N-dealkylation sites (tertiary alicyclic amines) is 1. The highest BCUT2D eigenvalue weighted by Gasteiger charge is 2.32. The van der Waals surface area contributed by atoms with E-state index in [0.717, 1.165) is 46.7 Å². The largest absolute Gasteiger partial charge is 0.330 e. The third kappa shape index (κ3) is 3.06. The maximum Gasteiger partial charge on any atom is 0.264 e. The highest BCUT2D eigenvalue weighted by atomic mass is 32.1. The van der Waals surface area contributed by atoms with Gasteiger partial charge in [0.15, 0.2) is 0 Å². The van der Waals surface area contributed by atoms with Gasteiger partial charge in [-0.3, -0.25) is 9.48 Å². The third-order valence-corrected chi connectivity index (χ3v) is 7.49. The van der Waals surface area contributed by atoms with E-state index < -0.39 is 0 Å². The minimum atomic E-state index is 0.155. The molecule has 0 N–H and O–H groups in total. The van der Waals surface area contributed by atoms with Crippen molar-refractivity contribution in [1.82, 2.24) is 14.7 Å². The summed E-state index contributed by atoms with van der Waals surface area (Å²) in [4.78, 5) is 18.6. The summed E-state index contributed by atoms with van der Waals surface area (Å²) in [6.07, 6.45) is 2.12. The standard InChI is InChI=1S/C22H21N3OS2/c1-15-17-13-20(21(26)24-11-5-9-18(24)19-10-6-12-27-19)28-22(17)25(23-15)14-16-7-3-2-4-8-16/h2-4,6-8,10,12-13,18H,5,9,11,14H2,1H3/t18-/m1/s1. The summed E-state index contributed by atoms with van der Waals surface area (Å²) in [7, 11) is 0. The van der Waals surface area contributed by atoms with Gasteiger partial charge < -0.3 is 4.90 Å². The van der Waals surface area contributed by atoms with Gasteiger partial charge >= 0.3 is 0 Å². The van der Waals surface area contributed by atoms with Crippen molar-refractivity contribution < 1.29 is 4.79 Å². The second-order valence-corrected chi connectivity index (χ2v) is 9.24. The van der Waals surface area contributed by atoms with Crippen molar-refractivity contribution >= 4 is 38.8 Å². The Bertz CT molecular complexity index is 1110. The fourth-order valence-corrected chi connectivity index (χ4v) is 6.00. The van der Waals surface area contributed by atoms with E-state index in [1.54, 1.807) is 22.7 Å². The van der Waals surface area contributed by atoms with Crippen LogP contribution in [0.2, 0.25) is 0 Å². The van der Waals surface area contributed by atoms with Crippen LogP contribution < -0.4 is 0 Å². The summed E-state index contributed by atoms with van der Waals surface area (Å²) in [6.45, 7) is 3.58. The zero-order chi connectivity index (χ0) is 19.1. The zero-order valence-electron chi connectivity index (χ0n) is 15.7. The molecule has 1 fully saturated rings. The molecule has 0 radical (unpaired) electrons. The van der Waals surface area contributed by atoms with Crippen LogP contribution in [-0.4, -0.2) is 27.1 Å². The number of aromatic nitrogens is 2. The quantitative estimate of drug-likeness (QED) is 0.448. The average Bonchev–Trinajstić information content (AvgIpc) is 3.49. The van der Waals surface area contributed by atoms with E-state index in [1.165, 1.54) is 10.4 Å². The summed E-state index contributed by atoms with van der Waals surface area (Å²) in [6, 6.07) is 16.8. The summed E-state index contributed by atoms with van der Waals surface area (Å²) < 4.78 is 2.03. The molecule has 0 aliphatic carbocycles. The van der Waals surface area contributed by atoms with Crippen LogP contribution in [0.15, 0.2) is 53.9 Å². The molecular weight excluding hydrogens is 386 g/mol. The molecule has 6 heteroatoms. The summed E-state index contributed by atoms with van der Waals surface area (Å²) in [5.41, 5.74) is 2.20. The lowest BCUT2D eigenvalue weighted by atomic mass is 10.2. The molecule has 4 heterocycles.